The van der Waals surface area contributed by atoms with Crippen LogP contribution >= 0.6 is 11.3 Å². The van der Waals surface area contributed by atoms with E-state index >= 15 is 0 Å². The highest BCUT2D eigenvalue weighted by molar-refractivity contribution is 7.16. The monoisotopic (exact) mass is 480 g/mol. The number of rotatable bonds is 4. The van der Waals surface area contributed by atoms with E-state index in [-0.39, 0.29) is 11.6 Å². The molecule has 0 bridgehead atoms. The third-order valence-corrected chi connectivity index (χ3v) is 7.53. The second kappa shape index (κ2) is 8.53. The van der Waals surface area contributed by atoms with Crippen LogP contribution in [0.25, 0.3) is 33.8 Å². The van der Waals surface area contributed by atoms with Gasteiger partial charge >= 0.3 is 0 Å². The van der Waals surface area contributed by atoms with Crippen LogP contribution in [0, 0.1) is 17.2 Å². The number of benzene rings is 1. The van der Waals surface area contributed by atoms with Gasteiger partial charge in [-0.2, -0.15) is 5.26 Å². The van der Waals surface area contributed by atoms with Crippen LogP contribution in [0.15, 0.2) is 63.7 Å². The lowest BCUT2D eigenvalue weighted by molar-refractivity contribution is 0.102. The average molecular weight is 481 g/mol. The molecule has 7 nitrogen and oxygen atoms in total. The molecular weight excluding hydrogens is 460 g/mol. The van der Waals surface area contributed by atoms with Crippen molar-refractivity contribution in [2.45, 2.75) is 26.2 Å². The predicted molar refractivity (Wildman–Crippen MR) is 133 cm³/mol. The number of hydrogen-bond acceptors (Lipinski definition) is 7. The zero-order valence-electron chi connectivity index (χ0n) is 18.9. The molecule has 35 heavy (non-hydrogen) atoms. The highest BCUT2D eigenvalue weighted by Gasteiger charge is 2.27. The van der Waals surface area contributed by atoms with E-state index in [9.17, 15) is 10.1 Å². The number of anilines is 1. The number of aromatic nitrogens is 2. The van der Waals surface area contributed by atoms with Crippen molar-refractivity contribution >= 4 is 33.3 Å². The number of hydrogen-bond donors (Lipinski definition) is 1. The van der Waals surface area contributed by atoms with E-state index in [0.717, 1.165) is 30.4 Å². The van der Waals surface area contributed by atoms with Gasteiger partial charge in [-0.3, -0.25) is 4.79 Å². The van der Waals surface area contributed by atoms with Crippen LogP contribution in [0.5, 0.6) is 0 Å². The first-order valence-electron chi connectivity index (χ1n) is 11.4. The minimum Gasteiger partial charge on any atom is -0.463 e. The maximum Gasteiger partial charge on any atom is 0.259 e. The SMILES string of the molecule is CC1CCc2c(sc(NC(=O)c3cc(-c4ccco4)nc4onc(-c5ccccc5)c34)c2C#N)C1. The van der Waals surface area contributed by atoms with Gasteiger partial charge in [-0.15, -0.1) is 11.3 Å². The molecule has 5 aromatic rings. The smallest absolute Gasteiger partial charge is 0.259 e. The van der Waals surface area contributed by atoms with Gasteiger partial charge in [0.25, 0.3) is 11.6 Å². The first kappa shape index (κ1) is 21.3. The lowest BCUT2D eigenvalue weighted by Gasteiger charge is -2.17. The summed E-state index contributed by atoms with van der Waals surface area (Å²) in [6.07, 6.45) is 4.38. The predicted octanol–water partition coefficient (Wildman–Crippen LogP) is 6.46. The Hall–Kier alpha value is -4.22. The number of thiophene rings is 1. The number of furan rings is 1. The molecule has 8 heteroatoms. The maximum atomic E-state index is 13.7. The molecule has 0 saturated heterocycles. The Morgan fingerprint density at radius 1 is 1.23 bits per heavy atom. The van der Waals surface area contributed by atoms with E-state index in [1.54, 1.807) is 24.5 Å². The van der Waals surface area contributed by atoms with Crippen LogP contribution < -0.4 is 5.32 Å². The Balaban J connectivity index is 1.48. The van der Waals surface area contributed by atoms with Crippen molar-refractivity contribution in [3.05, 3.63) is 76.4 Å². The fourth-order valence-corrected chi connectivity index (χ4v) is 5.96. The molecule has 1 aromatic carbocycles. The van der Waals surface area contributed by atoms with Gasteiger partial charge in [0.05, 0.1) is 22.8 Å². The Bertz CT molecular complexity index is 1590. The summed E-state index contributed by atoms with van der Waals surface area (Å²) in [6, 6.07) is 17.0. The molecule has 4 heterocycles. The zero-order valence-corrected chi connectivity index (χ0v) is 19.7. The number of amides is 1. The van der Waals surface area contributed by atoms with Gasteiger partial charge in [-0.05, 0) is 48.9 Å². The first-order valence-corrected chi connectivity index (χ1v) is 12.2. The summed E-state index contributed by atoms with van der Waals surface area (Å²) >= 11 is 1.50. The highest BCUT2D eigenvalue weighted by Crippen LogP contribution is 2.40. The molecule has 0 radical (unpaired) electrons. The standard InChI is InChI=1S/C27H20N4O3S/c1-15-9-10-17-19(14-28)27(35-22(17)12-15)30-25(32)18-13-20(21-8-5-11-33-21)29-26-23(18)24(31-34-26)16-6-3-2-4-7-16/h2-8,11,13,15H,9-10,12H2,1H3,(H,30,32). The maximum absolute atomic E-state index is 13.7. The summed E-state index contributed by atoms with van der Waals surface area (Å²) in [4.78, 5) is 19.5. The number of carbonyl (C=O) groups excluding carboxylic acids is 1. The third kappa shape index (κ3) is 3.70. The van der Waals surface area contributed by atoms with E-state index in [0.29, 0.717) is 44.6 Å². The van der Waals surface area contributed by atoms with Crippen LogP contribution in [0.4, 0.5) is 5.00 Å². The molecule has 4 aromatic heterocycles. The molecule has 0 fully saturated rings. The van der Waals surface area contributed by atoms with Crippen LogP contribution in [0.1, 0.15) is 39.7 Å². The normalized spacial score (nSPS) is 15.0. The summed E-state index contributed by atoms with van der Waals surface area (Å²) in [5.74, 6) is 0.725. The number of fused-ring (bicyclic) bond motifs is 2. The van der Waals surface area contributed by atoms with Gasteiger partial charge in [-0.1, -0.05) is 42.4 Å². The molecule has 1 unspecified atom stereocenters. The van der Waals surface area contributed by atoms with Crippen LogP contribution in [0.3, 0.4) is 0 Å². The minimum atomic E-state index is -0.353. The van der Waals surface area contributed by atoms with Gasteiger partial charge in [0.15, 0.2) is 5.76 Å². The minimum absolute atomic E-state index is 0.239. The van der Waals surface area contributed by atoms with Crippen molar-refractivity contribution in [3.63, 3.8) is 0 Å². The van der Waals surface area contributed by atoms with Gasteiger partial charge < -0.3 is 14.3 Å². The van der Waals surface area contributed by atoms with Gasteiger partial charge in [0, 0.05) is 10.4 Å². The Kier molecular flexibility index (Phi) is 5.20. The molecule has 1 atom stereocenters. The van der Waals surface area contributed by atoms with Crippen LogP contribution in [0.2, 0.25) is 0 Å². The quantitative estimate of drug-likeness (QED) is 0.316. The van der Waals surface area contributed by atoms with Gasteiger partial charge in [0.1, 0.15) is 22.5 Å². The molecule has 1 amide bonds. The number of carbonyl (C=O) groups is 1. The van der Waals surface area contributed by atoms with Gasteiger partial charge in [-0.25, -0.2) is 4.98 Å². The Morgan fingerprint density at radius 2 is 2.09 bits per heavy atom. The lowest BCUT2D eigenvalue weighted by Crippen LogP contribution is -2.13. The average Bonchev–Trinajstić information content (AvgIpc) is 3.62. The number of pyridine rings is 1. The van der Waals surface area contributed by atoms with E-state index in [2.05, 4.69) is 28.5 Å². The Labute approximate surface area is 205 Å². The fourth-order valence-electron chi connectivity index (χ4n) is 4.60. The molecule has 0 saturated carbocycles. The fraction of sp³-hybridized carbons (Fsp3) is 0.185. The largest absolute Gasteiger partial charge is 0.463 e. The summed E-state index contributed by atoms with van der Waals surface area (Å²) < 4.78 is 11.1. The highest BCUT2D eigenvalue weighted by atomic mass is 32.1. The van der Waals surface area contributed by atoms with Crippen LogP contribution in [-0.2, 0) is 12.8 Å². The molecule has 0 spiro atoms. The van der Waals surface area contributed by atoms with Crippen molar-refractivity contribution in [1.29, 1.82) is 5.26 Å². The summed E-state index contributed by atoms with van der Waals surface area (Å²) in [5, 5.41) is 18.2. The summed E-state index contributed by atoms with van der Waals surface area (Å²) in [5.41, 5.74) is 4.03. The van der Waals surface area contributed by atoms with Crippen molar-refractivity contribution in [2.24, 2.45) is 5.92 Å². The second-order valence-corrected chi connectivity index (χ2v) is 9.84. The van der Waals surface area contributed by atoms with E-state index in [1.165, 1.54) is 16.2 Å². The molecule has 172 valence electrons. The van der Waals surface area contributed by atoms with Crippen molar-refractivity contribution in [3.8, 4) is 28.8 Å². The number of nitriles is 1. The van der Waals surface area contributed by atoms with E-state index in [4.69, 9.17) is 8.94 Å². The Morgan fingerprint density at radius 3 is 2.86 bits per heavy atom. The van der Waals surface area contributed by atoms with E-state index < -0.39 is 0 Å². The molecule has 1 aliphatic carbocycles. The van der Waals surface area contributed by atoms with Crippen molar-refractivity contribution < 1.29 is 13.7 Å². The first-order chi connectivity index (χ1) is 17.1. The third-order valence-electron chi connectivity index (χ3n) is 6.36. The van der Waals surface area contributed by atoms with Crippen LogP contribution in [-0.4, -0.2) is 16.0 Å². The zero-order chi connectivity index (χ0) is 23.9. The molecule has 0 aliphatic heterocycles. The summed E-state index contributed by atoms with van der Waals surface area (Å²) in [6.45, 7) is 2.22. The van der Waals surface area contributed by atoms with Crippen molar-refractivity contribution in [1.82, 2.24) is 10.1 Å². The summed E-state index contributed by atoms with van der Waals surface area (Å²) in [7, 11) is 0. The lowest BCUT2D eigenvalue weighted by atomic mass is 9.88. The topological polar surface area (TPSA) is 105 Å². The van der Waals surface area contributed by atoms with Crippen molar-refractivity contribution in [2.75, 3.05) is 5.32 Å². The molecule has 6 rings (SSSR count). The second-order valence-electron chi connectivity index (χ2n) is 8.73. The number of nitrogens with zero attached hydrogens (tertiary/aromatic N) is 3. The number of nitrogens with one attached hydrogen (secondary N) is 1. The molecular formula is C27H20N4O3S. The molecule has 1 N–H and O–H groups in total. The van der Waals surface area contributed by atoms with Gasteiger partial charge in [0.2, 0.25) is 0 Å². The molecule has 1 aliphatic rings. The van der Waals surface area contributed by atoms with E-state index in [1.807, 2.05) is 30.3 Å².